The highest BCUT2D eigenvalue weighted by Gasteiger charge is 2.05. The predicted octanol–water partition coefficient (Wildman–Crippen LogP) is 2.43. The molecule has 0 aliphatic rings. The van der Waals surface area contributed by atoms with E-state index in [1.165, 1.54) is 18.2 Å². The Hall–Kier alpha value is -2.67. The van der Waals surface area contributed by atoms with Gasteiger partial charge in [0.05, 0.1) is 11.6 Å². The van der Waals surface area contributed by atoms with Gasteiger partial charge in [0.15, 0.2) is 0 Å². The molecule has 4 heteroatoms. The van der Waals surface area contributed by atoms with Crippen molar-refractivity contribution in [3.05, 3.63) is 71.0 Å². The van der Waals surface area contributed by atoms with E-state index in [0.29, 0.717) is 16.7 Å². The summed E-state index contributed by atoms with van der Waals surface area (Å²) in [5, 5.41) is 11.3. The van der Waals surface area contributed by atoms with E-state index in [2.05, 4.69) is 11.4 Å². The van der Waals surface area contributed by atoms with Gasteiger partial charge in [-0.2, -0.15) is 5.26 Å². The number of amides is 1. The van der Waals surface area contributed by atoms with Crippen molar-refractivity contribution in [2.24, 2.45) is 0 Å². The number of carbonyl (C=O) groups excluding carboxylic acids is 1. The maximum Gasteiger partial charge on any atom is 0.251 e. The molecule has 0 saturated carbocycles. The first kappa shape index (κ1) is 12.8. The zero-order valence-corrected chi connectivity index (χ0v) is 9.98. The smallest absolute Gasteiger partial charge is 0.251 e. The van der Waals surface area contributed by atoms with Crippen molar-refractivity contribution in [1.82, 2.24) is 5.32 Å². The third kappa shape index (κ3) is 3.39. The van der Waals surface area contributed by atoms with E-state index in [0.717, 1.165) is 0 Å². The molecule has 0 atom stereocenters. The average molecular weight is 253 g/mol. The van der Waals surface area contributed by atoms with Crippen LogP contribution in [0.25, 0.3) is 0 Å². The second-order valence-electron chi connectivity index (χ2n) is 3.90. The predicted molar refractivity (Wildman–Crippen MR) is 67.6 cm³/mol. The molecule has 2 aromatic rings. The fourth-order valence-electron chi connectivity index (χ4n) is 1.56. The molecule has 0 saturated heterocycles. The summed E-state index contributed by atoms with van der Waals surface area (Å²) < 4.78 is 12.9. The van der Waals surface area contributed by atoms with Gasteiger partial charge in [-0.25, -0.2) is 4.39 Å². The van der Waals surface area contributed by atoms with Gasteiger partial charge in [0, 0.05) is 12.1 Å². The number of carbonyl (C=O) groups is 1. The minimum atomic E-state index is -0.360. The monoisotopic (exact) mass is 253 g/mol. The Morgan fingerprint density at radius 3 is 2.68 bits per heavy atom. The second kappa shape index (κ2) is 5.78. The highest BCUT2D eigenvalue weighted by molar-refractivity contribution is 5.94. The molecule has 0 fully saturated rings. The van der Waals surface area contributed by atoms with Gasteiger partial charge in [-0.05, 0) is 48.0 Å². The molecule has 1 N–H and O–H groups in total. The molecule has 1 amide bonds. The molecule has 0 heterocycles. The molecular formula is C15H10FN2O. The maximum absolute atomic E-state index is 12.9. The number of hydrogen-bond donors (Lipinski definition) is 1. The van der Waals surface area contributed by atoms with Gasteiger partial charge in [0.2, 0.25) is 0 Å². The van der Waals surface area contributed by atoms with Gasteiger partial charge >= 0.3 is 0 Å². The molecule has 2 aromatic carbocycles. The fraction of sp³-hybridized carbons (Fsp3) is 0.0667. The normalized spacial score (nSPS) is 9.68. The number of hydrogen-bond acceptors (Lipinski definition) is 2. The zero-order chi connectivity index (χ0) is 13.7. The molecule has 0 aromatic heterocycles. The third-order valence-electron chi connectivity index (χ3n) is 2.54. The first-order valence-corrected chi connectivity index (χ1v) is 5.63. The summed E-state index contributed by atoms with van der Waals surface area (Å²) in [6.07, 6.45) is 0. The molecule has 0 unspecified atom stereocenters. The Morgan fingerprint density at radius 2 is 2.05 bits per heavy atom. The molecule has 0 aliphatic carbocycles. The quantitative estimate of drug-likeness (QED) is 0.913. The molecule has 0 bridgehead atoms. The summed E-state index contributed by atoms with van der Waals surface area (Å²) >= 11 is 0. The maximum atomic E-state index is 12.9. The molecule has 3 nitrogen and oxygen atoms in total. The standard InChI is InChI=1S/C15H10FN2O/c16-14-3-1-2-12(8-14)10-18-15(19)13-6-4-11(9-17)5-7-13/h1,3-8H,10H2,(H,18,19). The van der Waals surface area contributed by atoms with Crippen molar-refractivity contribution in [2.45, 2.75) is 6.54 Å². The van der Waals surface area contributed by atoms with Crippen LogP contribution in [0.5, 0.6) is 0 Å². The minimum absolute atomic E-state index is 0.205. The number of benzene rings is 2. The molecule has 1 radical (unpaired) electrons. The van der Waals surface area contributed by atoms with Crippen LogP contribution in [-0.4, -0.2) is 5.91 Å². The molecular weight excluding hydrogens is 243 g/mol. The van der Waals surface area contributed by atoms with E-state index >= 15 is 0 Å². The first-order chi connectivity index (χ1) is 9.19. The van der Waals surface area contributed by atoms with E-state index in [1.54, 1.807) is 24.3 Å². The molecule has 2 rings (SSSR count). The number of nitrogens with one attached hydrogen (secondary N) is 1. The lowest BCUT2D eigenvalue weighted by molar-refractivity contribution is 0.0951. The van der Waals surface area contributed by atoms with Crippen LogP contribution < -0.4 is 5.32 Å². The Labute approximate surface area is 110 Å². The second-order valence-corrected chi connectivity index (χ2v) is 3.90. The van der Waals surface area contributed by atoms with Crippen molar-refractivity contribution in [1.29, 1.82) is 5.26 Å². The van der Waals surface area contributed by atoms with Gasteiger partial charge in [0.25, 0.3) is 5.91 Å². The minimum Gasteiger partial charge on any atom is -0.348 e. The van der Waals surface area contributed by atoms with E-state index < -0.39 is 0 Å². The summed E-state index contributed by atoms with van der Waals surface area (Å²) in [7, 11) is 0. The topological polar surface area (TPSA) is 52.9 Å². The first-order valence-electron chi connectivity index (χ1n) is 5.63. The van der Waals surface area contributed by atoms with Crippen LogP contribution >= 0.6 is 0 Å². The fourth-order valence-corrected chi connectivity index (χ4v) is 1.56. The van der Waals surface area contributed by atoms with Gasteiger partial charge in [0.1, 0.15) is 5.82 Å². The Bertz CT molecular complexity index is 629. The van der Waals surface area contributed by atoms with Crippen LogP contribution in [-0.2, 0) is 6.54 Å². The molecule has 93 valence electrons. The van der Waals surface area contributed by atoms with Crippen LogP contribution in [0.4, 0.5) is 4.39 Å². The van der Waals surface area contributed by atoms with Gasteiger partial charge in [-0.15, -0.1) is 0 Å². The van der Waals surface area contributed by atoms with Crippen molar-refractivity contribution >= 4 is 5.91 Å². The lowest BCUT2D eigenvalue weighted by atomic mass is 10.1. The van der Waals surface area contributed by atoms with E-state index in [-0.39, 0.29) is 18.3 Å². The lowest BCUT2D eigenvalue weighted by Crippen LogP contribution is -2.22. The summed E-state index contributed by atoms with van der Waals surface area (Å²) in [5.74, 6) is -0.636. The number of nitrogens with zero attached hydrogens (tertiary/aromatic N) is 1. The van der Waals surface area contributed by atoms with Crippen LogP contribution in [0.15, 0.2) is 42.5 Å². The van der Waals surface area contributed by atoms with E-state index in [9.17, 15) is 9.18 Å². The summed E-state index contributed by atoms with van der Waals surface area (Å²) in [6, 6.07) is 15.2. The SMILES string of the molecule is N#Cc1ccc(C(=O)NCc2[c]ccc(F)c2)cc1. The summed E-state index contributed by atoms with van der Waals surface area (Å²) in [4.78, 5) is 11.8. The number of halogens is 1. The van der Waals surface area contributed by atoms with Crippen molar-refractivity contribution in [2.75, 3.05) is 0 Å². The van der Waals surface area contributed by atoms with Gasteiger partial charge < -0.3 is 5.32 Å². The van der Waals surface area contributed by atoms with E-state index in [1.807, 2.05) is 6.07 Å². The summed E-state index contributed by atoms with van der Waals surface area (Å²) in [6.45, 7) is 0.205. The van der Waals surface area contributed by atoms with E-state index in [4.69, 9.17) is 5.26 Å². The van der Waals surface area contributed by atoms with Crippen molar-refractivity contribution < 1.29 is 9.18 Å². The zero-order valence-electron chi connectivity index (χ0n) is 9.98. The molecule has 0 aliphatic heterocycles. The van der Waals surface area contributed by atoms with Crippen LogP contribution in [0.1, 0.15) is 21.5 Å². The number of nitriles is 1. The van der Waals surface area contributed by atoms with Crippen LogP contribution in [0, 0.1) is 23.2 Å². The Kier molecular flexibility index (Phi) is 3.89. The average Bonchev–Trinajstić information content (AvgIpc) is 2.45. The highest BCUT2D eigenvalue weighted by Crippen LogP contribution is 2.05. The van der Waals surface area contributed by atoms with Crippen molar-refractivity contribution in [3.8, 4) is 6.07 Å². The molecule has 19 heavy (non-hydrogen) atoms. The summed E-state index contributed by atoms with van der Waals surface area (Å²) in [5.41, 5.74) is 1.52. The van der Waals surface area contributed by atoms with Gasteiger partial charge in [-0.3, -0.25) is 4.79 Å². The lowest BCUT2D eigenvalue weighted by Gasteiger charge is -2.05. The highest BCUT2D eigenvalue weighted by atomic mass is 19.1. The number of rotatable bonds is 3. The van der Waals surface area contributed by atoms with Crippen LogP contribution in [0.2, 0.25) is 0 Å². The molecule has 0 spiro atoms. The van der Waals surface area contributed by atoms with Crippen molar-refractivity contribution in [3.63, 3.8) is 0 Å². The van der Waals surface area contributed by atoms with Crippen LogP contribution in [0.3, 0.4) is 0 Å². The van der Waals surface area contributed by atoms with Gasteiger partial charge in [-0.1, -0.05) is 6.07 Å². The Balaban J connectivity index is 1.99. The third-order valence-corrected chi connectivity index (χ3v) is 2.54. The Morgan fingerprint density at radius 1 is 1.32 bits per heavy atom. The largest absolute Gasteiger partial charge is 0.348 e.